The number of pyridine rings is 1. The molecule has 2 saturated heterocycles. The van der Waals surface area contributed by atoms with Gasteiger partial charge in [0.25, 0.3) is 11.8 Å². The number of carbonyl (C=O) groups is 2. The molecule has 0 atom stereocenters. The van der Waals surface area contributed by atoms with Crippen molar-refractivity contribution < 1.29 is 9.59 Å². The predicted octanol–water partition coefficient (Wildman–Crippen LogP) is 0.222. The Morgan fingerprint density at radius 1 is 0.759 bits per heavy atom. The van der Waals surface area contributed by atoms with Crippen LogP contribution in [0.3, 0.4) is 0 Å². The van der Waals surface area contributed by atoms with Crippen LogP contribution in [0.2, 0.25) is 0 Å². The number of hydrogen-bond donors (Lipinski definition) is 0. The molecule has 2 aliphatic rings. The standard InChI is InChI=1S/C20H25N7O2/c1-24-8-10-25(11-9-24)18(28)16-4-2-5-17(23-16)19(29)26-12-14-27(15-13-26)20-21-6-3-7-22-20/h2-7H,8-15H2,1H3. The van der Waals surface area contributed by atoms with Crippen molar-refractivity contribution in [1.82, 2.24) is 29.7 Å². The second-order valence-corrected chi connectivity index (χ2v) is 7.33. The summed E-state index contributed by atoms with van der Waals surface area (Å²) < 4.78 is 0. The Kier molecular flexibility index (Phi) is 5.66. The summed E-state index contributed by atoms with van der Waals surface area (Å²) in [6.45, 7) is 5.51. The van der Waals surface area contributed by atoms with E-state index in [1.165, 1.54) is 0 Å². The SMILES string of the molecule is CN1CCN(C(=O)c2cccc(C(=O)N3CCN(c4ncccn4)CC3)n2)CC1. The van der Waals surface area contributed by atoms with Gasteiger partial charge in [-0.2, -0.15) is 0 Å². The first-order chi connectivity index (χ1) is 14.1. The molecule has 0 aliphatic carbocycles. The number of aromatic nitrogens is 3. The average Bonchev–Trinajstić information content (AvgIpc) is 2.79. The number of piperazine rings is 2. The number of rotatable bonds is 3. The molecular weight excluding hydrogens is 370 g/mol. The van der Waals surface area contributed by atoms with Crippen LogP contribution < -0.4 is 4.90 Å². The zero-order valence-corrected chi connectivity index (χ0v) is 16.6. The van der Waals surface area contributed by atoms with Gasteiger partial charge in [-0.05, 0) is 25.2 Å². The van der Waals surface area contributed by atoms with Crippen LogP contribution in [0.15, 0.2) is 36.7 Å². The topological polar surface area (TPSA) is 85.8 Å². The van der Waals surface area contributed by atoms with E-state index < -0.39 is 0 Å². The van der Waals surface area contributed by atoms with Crippen LogP contribution in [-0.4, -0.2) is 101 Å². The van der Waals surface area contributed by atoms with E-state index >= 15 is 0 Å². The Balaban J connectivity index is 1.39. The first kappa shape index (κ1) is 19.3. The van der Waals surface area contributed by atoms with Crippen molar-refractivity contribution in [2.75, 3.05) is 64.3 Å². The number of likely N-dealkylation sites (N-methyl/N-ethyl adjacent to an activating group) is 1. The zero-order valence-electron chi connectivity index (χ0n) is 16.6. The van der Waals surface area contributed by atoms with Crippen LogP contribution >= 0.6 is 0 Å². The summed E-state index contributed by atoms with van der Waals surface area (Å²) in [5, 5.41) is 0. The molecule has 0 N–H and O–H groups in total. The van der Waals surface area contributed by atoms with E-state index in [0.29, 0.717) is 56.6 Å². The van der Waals surface area contributed by atoms with Gasteiger partial charge in [0.05, 0.1) is 0 Å². The molecule has 2 amide bonds. The third-order valence-electron chi connectivity index (χ3n) is 5.38. The summed E-state index contributed by atoms with van der Waals surface area (Å²) >= 11 is 0. The monoisotopic (exact) mass is 395 g/mol. The molecule has 0 spiro atoms. The van der Waals surface area contributed by atoms with E-state index in [4.69, 9.17) is 0 Å². The highest BCUT2D eigenvalue weighted by Crippen LogP contribution is 2.13. The fourth-order valence-corrected chi connectivity index (χ4v) is 3.57. The molecule has 2 aromatic rings. The van der Waals surface area contributed by atoms with E-state index in [1.54, 1.807) is 46.5 Å². The van der Waals surface area contributed by atoms with Crippen LogP contribution in [0.5, 0.6) is 0 Å². The van der Waals surface area contributed by atoms with E-state index in [0.717, 1.165) is 13.1 Å². The van der Waals surface area contributed by atoms with Gasteiger partial charge in [0.2, 0.25) is 5.95 Å². The third kappa shape index (κ3) is 4.34. The first-order valence-corrected chi connectivity index (χ1v) is 9.88. The summed E-state index contributed by atoms with van der Waals surface area (Å²) in [7, 11) is 2.04. The predicted molar refractivity (Wildman–Crippen MR) is 108 cm³/mol. The maximum absolute atomic E-state index is 12.9. The average molecular weight is 395 g/mol. The van der Waals surface area contributed by atoms with E-state index in [1.807, 2.05) is 7.05 Å². The molecular formula is C20H25N7O2. The highest BCUT2D eigenvalue weighted by atomic mass is 16.2. The molecule has 9 nitrogen and oxygen atoms in total. The van der Waals surface area contributed by atoms with E-state index in [2.05, 4.69) is 24.8 Å². The maximum Gasteiger partial charge on any atom is 0.272 e. The second kappa shape index (κ2) is 8.52. The molecule has 0 saturated carbocycles. The maximum atomic E-state index is 12.9. The Morgan fingerprint density at radius 2 is 1.28 bits per heavy atom. The van der Waals surface area contributed by atoms with Gasteiger partial charge in [0, 0.05) is 64.8 Å². The van der Waals surface area contributed by atoms with Gasteiger partial charge in [-0.3, -0.25) is 9.59 Å². The van der Waals surface area contributed by atoms with Gasteiger partial charge in [0.1, 0.15) is 11.4 Å². The number of anilines is 1. The lowest BCUT2D eigenvalue weighted by atomic mass is 10.2. The van der Waals surface area contributed by atoms with E-state index in [9.17, 15) is 9.59 Å². The van der Waals surface area contributed by atoms with Crippen LogP contribution in [0.25, 0.3) is 0 Å². The van der Waals surface area contributed by atoms with Crippen LogP contribution in [0.1, 0.15) is 21.0 Å². The fraction of sp³-hybridized carbons (Fsp3) is 0.450. The summed E-state index contributed by atoms with van der Waals surface area (Å²) in [5.74, 6) is 0.419. The highest BCUT2D eigenvalue weighted by molar-refractivity contribution is 5.96. The van der Waals surface area contributed by atoms with Crippen molar-refractivity contribution in [2.24, 2.45) is 0 Å². The van der Waals surface area contributed by atoms with Crippen LogP contribution in [0, 0.1) is 0 Å². The van der Waals surface area contributed by atoms with Gasteiger partial charge < -0.3 is 19.6 Å². The summed E-state index contributed by atoms with van der Waals surface area (Å²) in [6, 6.07) is 6.88. The summed E-state index contributed by atoms with van der Waals surface area (Å²) in [4.78, 5) is 46.4. The molecule has 0 aromatic carbocycles. The van der Waals surface area contributed by atoms with Crippen molar-refractivity contribution >= 4 is 17.8 Å². The molecule has 152 valence electrons. The largest absolute Gasteiger partial charge is 0.337 e. The quantitative estimate of drug-likeness (QED) is 0.735. The van der Waals surface area contributed by atoms with Gasteiger partial charge in [-0.15, -0.1) is 0 Å². The van der Waals surface area contributed by atoms with Gasteiger partial charge in [-0.25, -0.2) is 15.0 Å². The highest BCUT2D eigenvalue weighted by Gasteiger charge is 2.26. The fourth-order valence-electron chi connectivity index (χ4n) is 3.57. The number of carbonyl (C=O) groups excluding carboxylic acids is 2. The minimum absolute atomic E-state index is 0.112. The smallest absolute Gasteiger partial charge is 0.272 e. The molecule has 4 rings (SSSR count). The molecule has 4 heterocycles. The minimum atomic E-state index is -0.147. The molecule has 0 bridgehead atoms. The van der Waals surface area contributed by atoms with Crippen molar-refractivity contribution in [1.29, 1.82) is 0 Å². The Bertz CT molecular complexity index is 860. The van der Waals surface area contributed by atoms with Crippen LogP contribution in [-0.2, 0) is 0 Å². The van der Waals surface area contributed by atoms with E-state index in [-0.39, 0.29) is 11.8 Å². The van der Waals surface area contributed by atoms with Gasteiger partial charge in [-0.1, -0.05) is 6.07 Å². The van der Waals surface area contributed by atoms with Crippen molar-refractivity contribution in [3.8, 4) is 0 Å². The summed E-state index contributed by atoms with van der Waals surface area (Å²) in [5.41, 5.74) is 0.645. The summed E-state index contributed by atoms with van der Waals surface area (Å²) in [6.07, 6.45) is 3.43. The molecule has 2 aromatic heterocycles. The lowest BCUT2D eigenvalue weighted by Crippen LogP contribution is -2.49. The molecule has 0 radical (unpaired) electrons. The first-order valence-electron chi connectivity index (χ1n) is 9.88. The molecule has 2 fully saturated rings. The van der Waals surface area contributed by atoms with Crippen molar-refractivity contribution in [2.45, 2.75) is 0 Å². The minimum Gasteiger partial charge on any atom is -0.337 e. The third-order valence-corrected chi connectivity index (χ3v) is 5.38. The van der Waals surface area contributed by atoms with Crippen molar-refractivity contribution in [3.63, 3.8) is 0 Å². The molecule has 9 heteroatoms. The van der Waals surface area contributed by atoms with Gasteiger partial charge in [0.15, 0.2) is 0 Å². The number of hydrogen-bond acceptors (Lipinski definition) is 7. The lowest BCUT2D eigenvalue weighted by molar-refractivity contribution is 0.0657. The Morgan fingerprint density at radius 3 is 1.83 bits per heavy atom. The zero-order chi connectivity index (χ0) is 20.2. The molecule has 0 unspecified atom stereocenters. The number of nitrogens with zero attached hydrogens (tertiary/aromatic N) is 7. The normalized spacial score (nSPS) is 18.0. The molecule has 29 heavy (non-hydrogen) atoms. The second-order valence-electron chi connectivity index (χ2n) is 7.33. The lowest BCUT2D eigenvalue weighted by Gasteiger charge is -2.34. The van der Waals surface area contributed by atoms with Crippen LogP contribution in [0.4, 0.5) is 5.95 Å². The van der Waals surface area contributed by atoms with Gasteiger partial charge >= 0.3 is 0 Å². The Hall–Kier alpha value is -3.07. The number of amides is 2. The Labute approximate surface area is 170 Å². The van der Waals surface area contributed by atoms with Crippen molar-refractivity contribution in [3.05, 3.63) is 48.0 Å². The molecule has 2 aliphatic heterocycles.